The lowest BCUT2D eigenvalue weighted by Crippen LogP contribution is -2.21. The van der Waals surface area contributed by atoms with Crippen molar-refractivity contribution >= 4 is 56.2 Å². The van der Waals surface area contributed by atoms with E-state index in [4.69, 9.17) is 26.1 Å². The molecule has 4 aromatic carbocycles. The van der Waals surface area contributed by atoms with E-state index in [2.05, 4.69) is 26.3 Å². The van der Waals surface area contributed by atoms with Gasteiger partial charge >= 0.3 is 0 Å². The number of hydrogen-bond acceptors (Lipinski definition) is 6. The first kappa shape index (κ1) is 29.0. The molecule has 1 amide bonds. The maximum Gasteiger partial charge on any atom is 0.282 e. The SMILES string of the molecule is CCOc1cc(C=Nn2c(-c3ccccc3)nc3ccccc3c2=O)c(Br)c(Cl)c1OCC(=O)Nc1cccc(F)c1. The van der Waals surface area contributed by atoms with E-state index in [1.165, 1.54) is 29.1 Å². The molecule has 1 aromatic heterocycles. The van der Waals surface area contributed by atoms with Gasteiger partial charge in [0.1, 0.15) is 10.8 Å². The summed E-state index contributed by atoms with van der Waals surface area (Å²) >= 11 is 10.1. The molecule has 5 rings (SSSR count). The number of ether oxygens (including phenoxy) is 2. The molecule has 5 aromatic rings. The van der Waals surface area contributed by atoms with E-state index in [1.54, 1.807) is 37.3 Å². The third kappa shape index (κ3) is 6.35. The number of amides is 1. The molecule has 0 saturated heterocycles. The molecule has 0 saturated carbocycles. The molecule has 8 nitrogen and oxygen atoms in total. The van der Waals surface area contributed by atoms with Gasteiger partial charge in [0, 0.05) is 21.3 Å². The zero-order chi connectivity index (χ0) is 29.6. The fourth-order valence-corrected chi connectivity index (χ4v) is 4.78. The first-order valence-electron chi connectivity index (χ1n) is 12.8. The van der Waals surface area contributed by atoms with Crippen molar-refractivity contribution in [1.29, 1.82) is 0 Å². The average Bonchev–Trinajstić information content (AvgIpc) is 2.99. The zero-order valence-electron chi connectivity index (χ0n) is 22.2. The minimum atomic E-state index is -0.516. The third-order valence-electron chi connectivity index (χ3n) is 6.01. The van der Waals surface area contributed by atoms with Gasteiger partial charge in [-0.2, -0.15) is 9.78 Å². The number of carbonyl (C=O) groups is 1. The van der Waals surface area contributed by atoms with Crippen LogP contribution in [-0.4, -0.2) is 35.0 Å². The first-order valence-corrected chi connectivity index (χ1v) is 14.0. The maximum atomic E-state index is 13.5. The highest BCUT2D eigenvalue weighted by atomic mass is 79.9. The van der Waals surface area contributed by atoms with Gasteiger partial charge in [-0.1, -0.05) is 60.1 Å². The lowest BCUT2D eigenvalue weighted by molar-refractivity contribution is -0.118. The van der Waals surface area contributed by atoms with Crippen molar-refractivity contribution < 1.29 is 18.7 Å². The summed E-state index contributed by atoms with van der Waals surface area (Å²) in [5, 5.41) is 7.62. The molecular weight excluding hydrogens is 627 g/mol. The van der Waals surface area contributed by atoms with Gasteiger partial charge in [-0.05, 0) is 59.3 Å². The van der Waals surface area contributed by atoms with Crippen molar-refractivity contribution in [3.8, 4) is 22.9 Å². The lowest BCUT2D eigenvalue weighted by atomic mass is 10.2. The molecule has 11 heteroatoms. The van der Waals surface area contributed by atoms with E-state index in [0.29, 0.717) is 38.0 Å². The molecule has 0 atom stereocenters. The van der Waals surface area contributed by atoms with E-state index >= 15 is 0 Å². The maximum absolute atomic E-state index is 13.5. The van der Waals surface area contributed by atoms with E-state index in [-0.39, 0.29) is 28.7 Å². The number of hydrogen-bond donors (Lipinski definition) is 1. The normalized spacial score (nSPS) is 11.1. The number of carbonyl (C=O) groups excluding carboxylic acids is 1. The van der Waals surface area contributed by atoms with Crippen molar-refractivity contribution in [3.05, 3.63) is 116 Å². The second kappa shape index (κ2) is 13.0. The van der Waals surface area contributed by atoms with Gasteiger partial charge in [0.25, 0.3) is 11.5 Å². The Morgan fingerprint density at radius 1 is 1.07 bits per heavy atom. The minimum Gasteiger partial charge on any atom is -0.490 e. The molecule has 212 valence electrons. The second-order valence-corrected chi connectivity index (χ2v) is 10.1. The summed E-state index contributed by atoms with van der Waals surface area (Å²) in [7, 11) is 0. The number of nitrogens with one attached hydrogen (secondary N) is 1. The van der Waals surface area contributed by atoms with E-state index in [9.17, 15) is 14.0 Å². The predicted octanol–water partition coefficient (Wildman–Crippen LogP) is 6.92. The number of para-hydroxylation sites is 1. The standard InChI is InChI=1S/C31H23BrClFN4O4/c1-2-41-25-15-20(27(32)28(33)29(25)42-18-26(39)36-22-12-8-11-21(34)16-22)17-35-38-30(19-9-4-3-5-10-19)37-24-14-7-6-13-23(24)31(38)40/h3-17H,2,18H2,1H3,(H,36,39). The van der Waals surface area contributed by atoms with Crippen LogP contribution in [0, 0.1) is 5.82 Å². The van der Waals surface area contributed by atoms with E-state index < -0.39 is 18.3 Å². The van der Waals surface area contributed by atoms with Crippen LogP contribution >= 0.6 is 27.5 Å². The van der Waals surface area contributed by atoms with Gasteiger partial charge in [-0.15, -0.1) is 0 Å². The van der Waals surface area contributed by atoms with Gasteiger partial charge in [-0.3, -0.25) is 9.59 Å². The summed E-state index contributed by atoms with van der Waals surface area (Å²) in [5.74, 6) is -0.233. The Labute approximate surface area is 253 Å². The fourth-order valence-electron chi connectivity index (χ4n) is 4.12. The molecule has 0 unspecified atom stereocenters. The third-order valence-corrected chi connectivity index (χ3v) is 7.45. The van der Waals surface area contributed by atoms with E-state index in [1.807, 2.05) is 36.4 Å². The van der Waals surface area contributed by atoms with Crippen LogP contribution in [0.2, 0.25) is 5.02 Å². The number of rotatable bonds is 9. The van der Waals surface area contributed by atoms with Crippen molar-refractivity contribution in [2.24, 2.45) is 5.10 Å². The monoisotopic (exact) mass is 648 g/mol. The van der Waals surface area contributed by atoms with Gasteiger partial charge in [0.05, 0.1) is 23.7 Å². The van der Waals surface area contributed by atoms with Crippen LogP contribution < -0.4 is 20.3 Å². The molecule has 0 fully saturated rings. The Balaban J connectivity index is 1.48. The van der Waals surface area contributed by atoms with Crippen molar-refractivity contribution in [1.82, 2.24) is 9.66 Å². The largest absolute Gasteiger partial charge is 0.490 e. The Bertz CT molecular complexity index is 1860. The highest BCUT2D eigenvalue weighted by Gasteiger charge is 2.19. The highest BCUT2D eigenvalue weighted by Crippen LogP contribution is 2.42. The van der Waals surface area contributed by atoms with Crippen molar-refractivity contribution in [2.75, 3.05) is 18.5 Å². The van der Waals surface area contributed by atoms with Crippen LogP contribution in [0.3, 0.4) is 0 Å². The Kier molecular flexibility index (Phi) is 8.94. The van der Waals surface area contributed by atoms with Crippen molar-refractivity contribution in [3.63, 3.8) is 0 Å². The molecular formula is C31H23BrClFN4O4. The number of benzene rings is 4. The van der Waals surface area contributed by atoms with E-state index in [0.717, 1.165) is 0 Å². The molecule has 0 aliphatic heterocycles. The number of anilines is 1. The van der Waals surface area contributed by atoms with Gasteiger partial charge in [0.2, 0.25) is 0 Å². The molecule has 0 spiro atoms. The number of fused-ring (bicyclic) bond motifs is 1. The minimum absolute atomic E-state index is 0.131. The van der Waals surface area contributed by atoms with Crippen LogP contribution in [0.25, 0.3) is 22.3 Å². The van der Waals surface area contributed by atoms with Crippen LogP contribution in [-0.2, 0) is 4.79 Å². The molecule has 1 N–H and O–H groups in total. The molecule has 0 aliphatic rings. The number of aromatic nitrogens is 2. The van der Waals surface area contributed by atoms with Crippen LogP contribution in [0.5, 0.6) is 11.5 Å². The molecule has 42 heavy (non-hydrogen) atoms. The quantitative estimate of drug-likeness (QED) is 0.175. The number of nitrogens with zero attached hydrogens (tertiary/aromatic N) is 3. The van der Waals surface area contributed by atoms with Gasteiger partial charge in [0.15, 0.2) is 23.9 Å². The summed E-state index contributed by atoms with van der Waals surface area (Å²) in [5.41, 5.74) is 1.70. The van der Waals surface area contributed by atoms with Gasteiger partial charge < -0.3 is 14.8 Å². The predicted molar refractivity (Wildman–Crippen MR) is 165 cm³/mol. The summed E-state index contributed by atoms with van der Waals surface area (Å²) in [4.78, 5) is 30.6. The Morgan fingerprint density at radius 3 is 2.60 bits per heavy atom. The average molecular weight is 650 g/mol. The van der Waals surface area contributed by atoms with Crippen LogP contribution in [0.4, 0.5) is 10.1 Å². The fraction of sp³-hybridized carbons (Fsp3) is 0.0968. The molecule has 1 heterocycles. The molecule has 0 bridgehead atoms. The topological polar surface area (TPSA) is 94.8 Å². The second-order valence-electron chi connectivity index (χ2n) is 8.88. The summed E-state index contributed by atoms with van der Waals surface area (Å²) in [6.07, 6.45) is 1.46. The van der Waals surface area contributed by atoms with Crippen molar-refractivity contribution in [2.45, 2.75) is 6.92 Å². The smallest absolute Gasteiger partial charge is 0.282 e. The summed E-state index contributed by atoms with van der Waals surface area (Å²) in [6, 6.07) is 23.5. The number of halogens is 3. The highest BCUT2D eigenvalue weighted by molar-refractivity contribution is 9.10. The summed E-state index contributed by atoms with van der Waals surface area (Å²) < 4.78 is 26.6. The van der Waals surface area contributed by atoms with Crippen LogP contribution in [0.15, 0.2) is 99.3 Å². The zero-order valence-corrected chi connectivity index (χ0v) is 24.5. The summed E-state index contributed by atoms with van der Waals surface area (Å²) in [6.45, 7) is 1.66. The first-order chi connectivity index (χ1) is 20.4. The molecule has 0 radical (unpaired) electrons. The lowest BCUT2D eigenvalue weighted by Gasteiger charge is -2.16. The van der Waals surface area contributed by atoms with Crippen LogP contribution in [0.1, 0.15) is 12.5 Å². The Hall–Kier alpha value is -4.54. The molecule has 0 aliphatic carbocycles. The van der Waals surface area contributed by atoms with Gasteiger partial charge in [-0.25, -0.2) is 9.37 Å². The Morgan fingerprint density at radius 2 is 1.83 bits per heavy atom.